The molecule has 4 aromatic rings. The molecule has 0 saturated heterocycles. The fraction of sp³-hybridized carbons (Fsp3) is 0.182. The largest absolute Gasteiger partial charge is 0.481 e. The first-order valence-corrected chi connectivity index (χ1v) is 13.2. The van der Waals surface area contributed by atoms with Gasteiger partial charge in [-0.15, -0.1) is 0 Å². The highest BCUT2D eigenvalue weighted by Crippen LogP contribution is 2.29. The zero-order valence-electron chi connectivity index (χ0n) is 22.6. The van der Waals surface area contributed by atoms with Crippen LogP contribution in [0.25, 0.3) is 11.1 Å². The number of benzene rings is 4. The summed E-state index contributed by atoms with van der Waals surface area (Å²) < 4.78 is 28.2. The van der Waals surface area contributed by atoms with Gasteiger partial charge in [-0.25, -0.2) is 8.78 Å². The van der Waals surface area contributed by atoms with Crippen LogP contribution in [0.1, 0.15) is 43.8 Å². The lowest BCUT2D eigenvalue weighted by molar-refractivity contribution is -0.137. The SMILES string of the molecule is Cc1ccccc1CCN(CCC(=O)O)C(=O)c1ccccc1-c1ccccc1C(=O)NCc1c(F)cccc1F. The summed E-state index contributed by atoms with van der Waals surface area (Å²) in [6.45, 7) is 1.96. The lowest BCUT2D eigenvalue weighted by atomic mass is 9.94. The number of nitrogens with zero attached hydrogens (tertiary/aromatic N) is 1. The first-order chi connectivity index (χ1) is 19.8. The number of nitrogens with one attached hydrogen (secondary N) is 1. The number of aryl methyl sites for hydroxylation is 1. The molecule has 4 rings (SSSR count). The first-order valence-electron chi connectivity index (χ1n) is 13.2. The second-order valence-corrected chi connectivity index (χ2v) is 9.59. The van der Waals surface area contributed by atoms with E-state index in [1.54, 1.807) is 48.5 Å². The van der Waals surface area contributed by atoms with Gasteiger partial charge >= 0.3 is 5.97 Å². The maximum absolute atomic E-state index is 14.1. The summed E-state index contributed by atoms with van der Waals surface area (Å²) in [4.78, 5) is 40.0. The monoisotopic (exact) mass is 556 g/mol. The Kier molecular flexibility index (Phi) is 9.58. The first kappa shape index (κ1) is 29.1. The quantitative estimate of drug-likeness (QED) is 0.236. The van der Waals surface area contributed by atoms with Gasteiger partial charge < -0.3 is 15.3 Å². The highest BCUT2D eigenvalue weighted by atomic mass is 19.1. The van der Waals surface area contributed by atoms with Crippen molar-refractivity contribution in [1.82, 2.24) is 10.2 Å². The molecule has 8 heteroatoms. The van der Waals surface area contributed by atoms with Crippen molar-refractivity contribution >= 4 is 17.8 Å². The number of hydrogen-bond donors (Lipinski definition) is 2. The Bertz CT molecular complexity index is 1550. The van der Waals surface area contributed by atoms with Crippen molar-refractivity contribution < 1.29 is 28.3 Å². The van der Waals surface area contributed by atoms with Crippen molar-refractivity contribution in [3.05, 3.63) is 130 Å². The van der Waals surface area contributed by atoms with Gasteiger partial charge in [-0.1, -0.05) is 66.7 Å². The molecule has 2 N–H and O–H groups in total. The molecule has 0 heterocycles. The molecule has 0 fully saturated rings. The van der Waals surface area contributed by atoms with Crippen LogP contribution in [0.5, 0.6) is 0 Å². The van der Waals surface area contributed by atoms with Gasteiger partial charge in [0.05, 0.1) is 6.42 Å². The summed E-state index contributed by atoms with van der Waals surface area (Å²) in [7, 11) is 0. The number of halogens is 2. The molecule has 210 valence electrons. The molecule has 0 saturated carbocycles. The average molecular weight is 557 g/mol. The van der Waals surface area contributed by atoms with Crippen LogP contribution in [0, 0.1) is 18.6 Å². The van der Waals surface area contributed by atoms with Gasteiger partial charge in [0.1, 0.15) is 11.6 Å². The third-order valence-electron chi connectivity index (χ3n) is 6.90. The van der Waals surface area contributed by atoms with Crippen LogP contribution in [-0.2, 0) is 17.8 Å². The van der Waals surface area contributed by atoms with E-state index < -0.39 is 23.5 Å². The Hall–Kier alpha value is -4.85. The summed E-state index contributed by atoms with van der Waals surface area (Å²) in [5.41, 5.74) is 3.36. The van der Waals surface area contributed by atoms with Crippen molar-refractivity contribution in [3.63, 3.8) is 0 Å². The van der Waals surface area contributed by atoms with E-state index in [2.05, 4.69) is 5.32 Å². The zero-order valence-corrected chi connectivity index (χ0v) is 22.6. The van der Waals surface area contributed by atoms with Crippen LogP contribution in [0.3, 0.4) is 0 Å². The second kappa shape index (κ2) is 13.5. The van der Waals surface area contributed by atoms with E-state index in [4.69, 9.17) is 0 Å². The maximum atomic E-state index is 14.1. The number of carbonyl (C=O) groups is 3. The van der Waals surface area contributed by atoms with Crippen molar-refractivity contribution in [2.24, 2.45) is 0 Å². The molecule has 4 aromatic carbocycles. The smallest absolute Gasteiger partial charge is 0.305 e. The minimum atomic E-state index is -1.01. The van der Waals surface area contributed by atoms with Crippen molar-refractivity contribution in [1.29, 1.82) is 0 Å². The van der Waals surface area contributed by atoms with E-state index in [-0.39, 0.29) is 36.5 Å². The molecule has 0 atom stereocenters. The Labute approximate surface area is 237 Å². The van der Waals surface area contributed by atoms with Gasteiger partial charge in [-0.2, -0.15) is 0 Å². The minimum absolute atomic E-state index is 0.0186. The summed E-state index contributed by atoms with van der Waals surface area (Å²) in [6.07, 6.45) is 0.332. The number of carboxylic acid groups (broad SMARTS) is 1. The molecule has 0 radical (unpaired) electrons. The van der Waals surface area contributed by atoms with E-state index in [0.717, 1.165) is 23.3 Å². The number of hydrogen-bond acceptors (Lipinski definition) is 3. The molecule has 0 aliphatic heterocycles. The number of rotatable bonds is 11. The maximum Gasteiger partial charge on any atom is 0.305 e. The fourth-order valence-electron chi connectivity index (χ4n) is 4.65. The minimum Gasteiger partial charge on any atom is -0.481 e. The molecule has 0 aromatic heterocycles. The molecule has 0 aliphatic rings. The fourth-order valence-corrected chi connectivity index (χ4v) is 4.65. The molecule has 0 aliphatic carbocycles. The van der Waals surface area contributed by atoms with E-state index in [0.29, 0.717) is 29.7 Å². The van der Waals surface area contributed by atoms with E-state index in [9.17, 15) is 28.3 Å². The number of aliphatic carboxylic acids is 1. The molecule has 0 bridgehead atoms. The van der Waals surface area contributed by atoms with Gasteiger partial charge in [0.15, 0.2) is 0 Å². The Morgan fingerprint density at radius 2 is 1.34 bits per heavy atom. The molecule has 6 nitrogen and oxygen atoms in total. The lowest BCUT2D eigenvalue weighted by Crippen LogP contribution is -2.35. The zero-order chi connectivity index (χ0) is 29.4. The topological polar surface area (TPSA) is 86.7 Å². The Morgan fingerprint density at radius 1 is 0.756 bits per heavy atom. The van der Waals surface area contributed by atoms with Gasteiger partial charge in [-0.05, 0) is 59.9 Å². The number of amides is 2. The highest BCUT2D eigenvalue weighted by molar-refractivity contribution is 6.06. The van der Waals surface area contributed by atoms with Gasteiger partial charge in [0.25, 0.3) is 11.8 Å². The Balaban J connectivity index is 1.62. The van der Waals surface area contributed by atoms with Crippen LogP contribution in [0.2, 0.25) is 0 Å². The van der Waals surface area contributed by atoms with Crippen LogP contribution in [0.15, 0.2) is 91.0 Å². The third kappa shape index (κ3) is 7.22. The predicted octanol–water partition coefficient (Wildman–Crippen LogP) is 6.03. The average Bonchev–Trinajstić information content (AvgIpc) is 2.97. The molecule has 41 heavy (non-hydrogen) atoms. The molecular formula is C33H30F2N2O4. The lowest BCUT2D eigenvalue weighted by Gasteiger charge is -2.24. The molecule has 0 spiro atoms. The highest BCUT2D eigenvalue weighted by Gasteiger charge is 2.23. The predicted molar refractivity (Wildman–Crippen MR) is 152 cm³/mol. The normalized spacial score (nSPS) is 10.7. The Morgan fingerprint density at radius 3 is 2.00 bits per heavy atom. The van der Waals surface area contributed by atoms with Crippen LogP contribution < -0.4 is 5.32 Å². The van der Waals surface area contributed by atoms with Crippen molar-refractivity contribution in [2.45, 2.75) is 26.3 Å². The van der Waals surface area contributed by atoms with E-state index >= 15 is 0 Å². The summed E-state index contributed by atoms with van der Waals surface area (Å²) in [5, 5.41) is 11.9. The second-order valence-electron chi connectivity index (χ2n) is 9.59. The van der Waals surface area contributed by atoms with E-state index in [1.165, 1.54) is 11.0 Å². The van der Waals surface area contributed by atoms with Crippen molar-refractivity contribution in [3.8, 4) is 11.1 Å². The van der Waals surface area contributed by atoms with Crippen molar-refractivity contribution in [2.75, 3.05) is 13.1 Å². The summed E-state index contributed by atoms with van der Waals surface area (Å²) >= 11 is 0. The standard InChI is InChI=1S/C33H30F2N2O4/c1-22-9-2-3-10-23(22)17-19-37(20-18-31(38)39)33(41)27-14-7-5-12-25(27)24-11-4-6-13-26(24)32(40)36-21-28-29(34)15-8-16-30(28)35/h2-16H,17-21H2,1H3,(H,36,40)(H,38,39). The van der Waals surface area contributed by atoms with Crippen LogP contribution in [-0.4, -0.2) is 40.9 Å². The molecule has 2 amide bonds. The summed E-state index contributed by atoms with van der Waals surface area (Å²) in [6, 6.07) is 24.8. The number of carboxylic acids is 1. The van der Waals surface area contributed by atoms with Gasteiger partial charge in [-0.3, -0.25) is 14.4 Å². The van der Waals surface area contributed by atoms with Crippen LogP contribution >= 0.6 is 0 Å². The molecule has 0 unspecified atom stereocenters. The van der Waals surface area contributed by atoms with E-state index in [1.807, 2.05) is 31.2 Å². The van der Waals surface area contributed by atoms with Gasteiger partial charge in [0, 0.05) is 36.3 Å². The van der Waals surface area contributed by atoms with Gasteiger partial charge in [0.2, 0.25) is 0 Å². The summed E-state index contributed by atoms with van der Waals surface area (Å²) in [5.74, 6) is -3.46. The third-order valence-corrected chi connectivity index (χ3v) is 6.90. The molecular weight excluding hydrogens is 526 g/mol. The van der Waals surface area contributed by atoms with Crippen LogP contribution in [0.4, 0.5) is 8.78 Å². The number of carbonyl (C=O) groups excluding carboxylic acids is 2.